The molecule has 0 fully saturated rings. The van der Waals surface area contributed by atoms with Gasteiger partial charge in [0.25, 0.3) is 0 Å². The zero-order chi connectivity index (χ0) is 18.3. The molecule has 0 unspecified atom stereocenters. The van der Waals surface area contributed by atoms with Crippen molar-refractivity contribution in [3.8, 4) is 0 Å². The van der Waals surface area contributed by atoms with Gasteiger partial charge in [-0.2, -0.15) is 0 Å². The largest absolute Gasteiger partial charge is 0.302 e. The van der Waals surface area contributed by atoms with Crippen molar-refractivity contribution < 1.29 is 4.79 Å². The van der Waals surface area contributed by atoms with Crippen molar-refractivity contribution in [2.24, 2.45) is 0 Å². The molecule has 0 radical (unpaired) electrons. The van der Waals surface area contributed by atoms with Crippen LogP contribution < -0.4 is 5.32 Å². The molecule has 0 saturated heterocycles. The maximum atomic E-state index is 12.4. The van der Waals surface area contributed by atoms with E-state index >= 15 is 0 Å². The topological polar surface area (TPSA) is 54.9 Å². The fraction of sp³-hybridized carbons (Fsp3) is 0.250. The number of nitrogens with one attached hydrogen (secondary N) is 1. The number of hydrogen-bond acceptors (Lipinski definition) is 5. The number of hydrogen-bond donors (Lipinski definition) is 1. The summed E-state index contributed by atoms with van der Waals surface area (Å²) in [6.07, 6.45) is 0.351. The summed E-state index contributed by atoms with van der Waals surface area (Å²) in [4.78, 5) is 21.5. The Kier molecular flexibility index (Phi) is 4.46. The van der Waals surface area contributed by atoms with Crippen LogP contribution in [0.1, 0.15) is 35.9 Å². The van der Waals surface area contributed by atoms with E-state index in [0.29, 0.717) is 17.5 Å². The number of carbonyl (C=O) groups is 1. The minimum absolute atomic E-state index is 0.0434. The van der Waals surface area contributed by atoms with Gasteiger partial charge in [-0.25, -0.2) is 9.97 Å². The first-order valence-electron chi connectivity index (χ1n) is 8.55. The van der Waals surface area contributed by atoms with Crippen LogP contribution in [0.3, 0.4) is 0 Å². The molecule has 4 aromatic rings. The van der Waals surface area contributed by atoms with Gasteiger partial charge in [0.15, 0.2) is 5.13 Å². The molecule has 0 spiro atoms. The Bertz CT molecular complexity index is 1090. The summed E-state index contributed by atoms with van der Waals surface area (Å²) in [6, 6.07) is 12.2. The van der Waals surface area contributed by atoms with Gasteiger partial charge in [0.05, 0.1) is 31.9 Å². The Hall–Kier alpha value is -2.31. The number of aromatic nitrogens is 2. The van der Waals surface area contributed by atoms with Crippen LogP contribution in [-0.4, -0.2) is 15.9 Å². The molecule has 2 aromatic heterocycles. The second-order valence-corrected chi connectivity index (χ2v) is 8.84. The van der Waals surface area contributed by atoms with Crippen molar-refractivity contribution in [3.63, 3.8) is 0 Å². The third-order valence-corrected chi connectivity index (χ3v) is 6.41. The summed E-state index contributed by atoms with van der Waals surface area (Å²) in [5.41, 5.74) is 4.19. The molecule has 4 rings (SSSR count). The van der Waals surface area contributed by atoms with E-state index in [1.54, 1.807) is 11.3 Å². The first-order valence-corrected chi connectivity index (χ1v) is 10.2. The van der Waals surface area contributed by atoms with Crippen LogP contribution in [0.15, 0.2) is 36.4 Å². The monoisotopic (exact) mass is 381 g/mol. The Morgan fingerprint density at radius 3 is 2.35 bits per heavy atom. The molecule has 0 aliphatic rings. The van der Waals surface area contributed by atoms with E-state index in [0.717, 1.165) is 31.0 Å². The number of benzene rings is 2. The molecule has 4 nitrogen and oxygen atoms in total. The molecule has 0 saturated carbocycles. The molecule has 0 bridgehead atoms. The van der Waals surface area contributed by atoms with Gasteiger partial charge in [0.1, 0.15) is 0 Å². The van der Waals surface area contributed by atoms with Gasteiger partial charge in [-0.05, 0) is 36.1 Å². The maximum absolute atomic E-state index is 12.4. The van der Waals surface area contributed by atoms with E-state index in [1.807, 2.05) is 31.2 Å². The number of aryl methyl sites for hydroxylation is 1. The minimum Gasteiger partial charge on any atom is -0.302 e. The van der Waals surface area contributed by atoms with Crippen molar-refractivity contribution in [1.82, 2.24) is 9.97 Å². The zero-order valence-electron chi connectivity index (χ0n) is 14.9. The van der Waals surface area contributed by atoms with Gasteiger partial charge in [-0.1, -0.05) is 49.4 Å². The number of nitrogens with zero attached hydrogens (tertiary/aromatic N) is 2. The lowest BCUT2D eigenvalue weighted by Crippen LogP contribution is -2.14. The van der Waals surface area contributed by atoms with E-state index in [2.05, 4.69) is 41.3 Å². The quantitative estimate of drug-likeness (QED) is 0.506. The van der Waals surface area contributed by atoms with Crippen LogP contribution in [0.25, 0.3) is 20.4 Å². The average Bonchev–Trinajstić information content (AvgIpc) is 3.16. The number of fused-ring (bicyclic) bond motifs is 3. The molecule has 0 atom stereocenters. The second-order valence-electron chi connectivity index (χ2n) is 6.64. The van der Waals surface area contributed by atoms with E-state index in [9.17, 15) is 4.79 Å². The average molecular weight is 382 g/mol. The molecule has 132 valence electrons. The highest BCUT2D eigenvalue weighted by molar-refractivity contribution is 7.28. The minimum atomic E-state index is -0.0434. The normalized spacial score (nSPS) is 11.5. The summed E-state index contributed by atoms with van der Waals surface area (Å²) in [5.74, 6) is 0.450. The smallest absolute Gasteiger partial charge is 0.230 e. The highest BCUT2D eigenvalue weighted by Gasteiger charge is 2.13. The predicted molar refractivity (Wildman–Crippen MR) is 110 cm³/mol. The van der Waals surface area contributed by atoms with Gasteiger partial charge >= 0.3 is 0 Å². The van der Waals surface area contributed by atoms with E-state index in [-0.39, 0.29) is 5.91 Å². The van der Waals surface area contributed by atoms with Crippen molar-refractivity contribution in [2.45, 2.75) is 33.1 Å². The third kappa shape index (κ3) is 3.34. The highest BCUT2D eigenvalue weighted by atomic mass is 32.1. The molecular formula is C20H19N3OS2. The molecule has 0 aliphatic heterocycles. The lowest BCUT2D eigenvalue weighted by atomic mass is 10.0. The molecule has 2 aromatic carbocycles. The van der Waals surface area contributed by atoms with Gasteiger partial charge in [0, 0.05) is 0 Å². The molecule has 2 heterocycles. The molecule has 6 heteroatoms. The number of rotatable bonds is 4. The molecule has 1 N–H and O–H groups in total. The van der Waals surface area contributed by atoms with Crippen LogP contribution in [0.5, 0.6) is 0 Å². The van der Waals surface area contributed by atoms with Gasteiger partial charge < -0.3 is 5.32 Å². The standard InChI is InChI=1S/C20H19N3OS2/c1-11(2)14-6-4-13(5-7-14)10-17(24)23-20-22-16-9-8-15-18(19(16)26-20)25-12(3)21-15/h4-9,11H,10H2,1-3H3,(H,22,23,24). The van der Waals surface area contributed by atoms with Crippen LogP contribution in [0.2, 0.25) is 0 Å². The SMILES string of the molecule is Cc1nc2ccc3nc(NC(=O)Cc4ccc(C(C)C)cc4)sc3c2s1. The first kappa shape index (κ1) is 17.1. The van der Waals surface area contributed by atoms with E-state index in [1.165, 1.54) is 16.9 Å². The predicted octanol–water partition coefficient (Wildman–Crippen LogP) is 5.52. The Morgan fingerprint density at radius 1 is 1.00 bits per heavy atom. The van der Waals surface area contributed by atoms with Crippen molar-refractivity contribution in [3.05, 3.63) is 52.5 Å². The number of carbonyl (C=O) groups excluding carboxylic acids is 1. The highest BCUT2D eigenvalue weighted by Crippen LogP contribution is 2.35. The lowest BCUT2D eigenvalue weighted by molar-refractivity contribution is -0.115. The van der Waals surface area contributed by atoms with E-state index < -0.39 is 0 Å². The van der Waals surface area contributed by atoms with Crippen LogP contribution in [0, 0.1) is 6.92 Å². The molecule has 1 amide bonds. The summed E-state index contributed by atoms with van der Waals surface area (Å²) in [5, 5.41) is 4.62. The second kappa shape index (κ2) is 6.78. The Balaban J connectivity index is 1.52. The summed E-state index contributed by atoms with van der Waals surface area (Å²) >= 11 is 3.18. The number of anilines is 1. The molecule has 0 aliphatic carbocycles. The number of thiazole rings is 2. The third-order valence-electron chi connectivity index (χ3n) is 4.28. The van der Waals surface area contributed by atoms with Crippen LogP contribution in [-0.2, 0) is 11.2 Å². The van der Waals surface area contributed by atoms with Crippen LogP contribution in [0.4, 0.5) is 5.13 Å². The molecule has 26 heavy (non-hydrogen) atoms. The van der Waals surface area contributed by atoms with Crippen molar-refractivity contribution in [2.75, 3.05) is 5.32 Å². The van der Waals surface area contributed by atoms with Gasteiger partial charge in [0.2, 0.25) is 5.91 Å². The lowest BCUT2D eigenvalue weighted by Gasteiger charge is -2.06. The Morgan fingerprint density at radius 2 is 1.65 bits per heavy atom. The van der Waals surface area contributed by atoms with Crippen molar-refractivity contribution in [1.29, 1.82) is 0 Å². The van der Waals surface area contributed by atoms with Gasteiger partial charge in [-0.3, -0.25) is 4.79 Å². The summed E-state index contributed by atoms with van der Waals surface area (Å²) in [6.45, 7) is 6.33. The fourth-order valence-electron chi connectivity index (χ4n) is 2.91. The first-order chi connectivity index (χ1) is 12.5. The zero-order valence-corrected chi connectivity index (χ0v) is 16.5. The van der Waals surface area contributed by atoms with Gasteiger partial charge in [-0.15, -0.1) is 11.3 Å². The Labute approximate surface area is 159 Å². The van der Waals surface area contributed by atoms with Crippen LogP contribution >= 0.6 is 22.7 Å². The fourth-order valence-corrected chi connectivity index (χ4v) is 4.93. The summed E-state index contributed by atoms with van der Waals surface area (Å²) < 4.78 is 2.23. The van der Waals surface area contributed by atoms with Crippen molar-refractivity contribution >= 4 is 54.1 Å². The molecular weight excluding hydrogens is 362 g/mol. The summed E-state index contributed by atoms with van der Waals surface area (Å²) in [7, 11) is 0. The van der Waals surface area contributed by atoms with E-state index in [4.69, 9.17) is 0 Å². The maximum Gasteiger partial charge on any atom is 0.230 e. The number of amides is 1.